The molecule has 79 heavy (non-hydrogen) atoms. The number of rotatable bonds is 62. The number of carbonyl (C=O) groups is 2. The van der Waals surface area contributed by atoms with Crippen molar-refractivity contribution in [3.05, 3.63) is 85.1 Å². The molecular weight excluding hydrogens is 1000 g/mol. The van der Waals surface area contributed by atoms with Crippen LogP contribution in [0.25, 0.3) is 0 Å². The fraction of sp³-hybridized carbons (Fsp3) is 0.768. The quantitative estimate of drug-likeness (QED) is 0.0264. The van der Waals surface area contributed by atoms with Gasteiger partial charge in [-0.05, 0) is 89.9 Å². The summed E-state index contributed by atoms with van der Waals surface area (Å²) in [5, 5.41) is 0. The van der Waals surface area contributed by atoms with Crippen molar-refractivity contribution in [2.24, 2.45) is 5.73 Å². The number of phosphoric ester groups is 1. The predicted molar refractivity (Wildman–Crippen MR) is 339 cm³/mol. The van der Waals surface area contributed by atoms with Crippen molar-refractivity contribution in [1.82, 2.24) is 0 Å². The third kappa shape index (κ3) is 64.2. The van der Waals surface area contributed by atoms with Gasteiger partial charge in [-0.15, -0.1) is 0 Å². The molecule has 10 heteroatoms. The van der Waals surface area contributed by atoms with Crippen LogP contribution < -0.4 is 5.73 Å². The molecule has 0 saturated heterocycles. The molecule has 0 radical (unpaired) electrons. The average molecular weight is 1130 g/mol. The van der Waals surface area contributed by atoms with Crippen molar-refractivity contribution in [3.63, 3.8) is 0 Å². The average Bonchev–Trinajstić information content (AvgIpc) is 3.44. The summed E-state index contributed by atoms with van der Waals surface area (Å²) in [6.07, 6.45) is 85.4. The van der Waals surface area contributed by atoms with Crippen LogP contribution in [0.15, 0.2) is 85.1 Å². The first-order chi connectivity index (χ1) is 38.8. The molecule has 0 heterocycles. The lowest BCUT2D eigenvalue weighted by Gasteiger charge is -2.19. The molecule has 0 rings (SSSR count). The van der Waals surface area contributed by atoms with Crippen LogP contribution in [0.3, 0.4) is 0 Å². The highest BCUT2D eigenvalue weighted by Crippen LogP contribution is 2.43. The lowest BCUT2D eigenvalue weighted by atomic mass is 10.0. The molecule has 0 aromatic rings. The lowest BCUT2D eigenvalue weighted by molar-refractivity contribution is -0.161. The van der Waals surface area contributed by atoms with Crippen LogP contribution in [0.1, 0.15) is 309 Å². The fourth-order valence-corrected chi connectivity index (χ4v) is 10.2. The molecule has 2 atom stereocenters. The monoisotopic (exact) mass is 1130 g/mol. The zero-order chi connectivity index (χ0) is 57.3. The van der Waals surface area contributed by atoms with Gasteiger partial charge in [0.05, 0.1) is 13.2 Å². The molecule has 458 valence electrons. The smallest absolute Gasteiger partial charge is 0.462 e. The Labute approximate surface area is 487 Å². The molecule has 2 unspecified atom stereocenters. The summed E-state index contributed by atoms with van der Waals surface area (Å²) in [5.41, 5.74) is 5.39. The van der Waals surface area contributed by atoms with Crippen LogP contribution in [0, 0.1) is 0 Å². The number of hydrogen-bond donors (Lipinski definition) is 2. The molecule has 0 amide bonds. The largest absolute Gasteiger partial charge is 0.472 e. The van der Waals surface area contributed by atoms with E-state index >= 15 is 0 Å². The Balaban J connectivity index is 3.84. The van der Waals surface area contributed by atoms with Gasteiger partial charge in [-0.25, -0.2) is 4.57 Å². The SMILES string of the molecule is CC/C=C\C/C=C\C/C=C\C/C=C\C/C=C\CCCCCCCC(=O)OC(COC(=O)CCCCCCCCCCCCCCCCCCCCCCCCCCC/C=C\C/C=C\CCCCCCC)COP(=O)(O)OCCN. The van der Waals surface area contributed by atoms with Crippen LogP contribution in [-0.2, 0) is 32.7 Å². The number of hydrogen-bond acceptors (Lipinski definition) is 8. The molecule has 0 aromatic heterocycles. The van der Waals surface area contributed by atoms with E-state index in [1.54, 1.807) is 0 Å². The minimum atomic E-state index is -4.40. The van der Waals surface area contributed by atoms with Gasteiger partial charge in [-0.3, -0.25) is 18.6 Å². The summed E-state index contributed by atoms with van der Waals surface area (Å²) < 4.78 is 33.1. The van der Waals surface area contributed by atoms with E-state index in [1.807, 2.05) is 0 Å². The van der Waals surface area contributed by atoms with Gasteiger partial charge in [-0.2, -0.15) is 0 Å². The summed E-state index contributed by atoms with van der Waals surface area (Å²) in [6.45, 7) is 3.62. The van der Waals surface area contributed by atoms with Crippen molar-refractivity contribution in [2.75, 3.05) is 26.4 Å². The number of esters is 2. The van der Waals surface area contributed by atoms with Crippen LogP contribution in [0.5, 0.6) is 0 Å². The minimum Gasteiger partial charge on any atom is -0.462 e. The third-order valence-electron chi connectivity index (χ3n) is 14.3. The van der Waals surface area contributed by atoms with Crippen LogP contribution >= 0.6 is 7.82 Å². The van der Waals surface area contributed by atoms with E-state index in [0.717, 1.165) is 89.9 Å². The van der Waals surface area contributed by atoms with E-state index in [2.05, 4.69) is 98.9 Å². The van der Waals surface area contributed by atoms with Crippen molar-refractivity contribution >= 4 is 19.8 Å². The summed E-state index contributed by atoms with van der Waals surface area (Å²) in [5.74, 6) is -0.842. The van der Waals surface area contributed by atoms with E-state index in [4.69, 9.17) is 24.3 Å². The van der Waals surface area contributed by atoms with Gasteiger partial charge in [-0.1, -0.05) is 292 Å². The molecule has 0 aliphatic heterocycles. The first kappa shape index (κ1) is 76.2. The maximum absolute atomic E-state index is 12.7. The normalized spacial score (nSPS) is 13.5. The van der Waals surface area contributed by atoms with Crippen molar-refractivity contribution < 1.29 is 37.6 Å². The molecule has 0 aliphatic carbocycles. The molecule has 0 aromatic carbocycles. The molecule has 0 saturated carbocycles. The Kier molecular flexibility index (Phi) is 62.1. The number of unbranched alkanes of at least 4 members (excludes halogenated alkanes) is 35. The first-order valence-electron chi connectivity index (χ1n) is 33.1. The van der Waals surface area contributed by atoms with Gasteiger partial charge < -0.3 is 20.1 Å². The highest BCUT2D eigenvalue weighted by atomic mass is 31.2. The standard InChI is InChI=1S/C69H124NO8P/c1-3-5-7-9-11-13-15-17-19-21-23-25-26-27-28-29-30-31-32-33-34-35-36-37-38-39-40-42-43-45-47-49-51-53-55-57-59-61-68(71)75-65-67(66-77-79(73,74)76-64-63-70)78-69(72)62-60-58-56-54-52-50-48-46-44-41-24-22-20-18-16-14-12-10-8-6-4-2/h6,8,12,14-15,17-18,20-21,23-24,41,46,48,67H,3-5,7,9-11,13,16,19,22,25-40,42-45,47,49-66,70H2,1-2H3,(H,73,74)/b8-6-,14-12-,17-15-,20-18-,23-21-,41-24-,48-46-. The summed E-state index contributed by atoms with van der Waals surface area (Å²) >= 11 is 0. The van der Waals surface area contributed by atoms with Gasteiger partial charge in [0.1, 0.15) is 6.61 Å². The molecule has 0 fully saturated rings. The Bertz CT molecular complexity index is 1570. The van der Waals surface area contributed by atoms with E-state index in [0.29, 0.717) is 6.42 Å². The summed E-state index contributed by atoms with van der Waals surface area (Å²) in [6, 6.07) is 0. The predicted octanol–water partition coefficient (Wildman–Crippen LogP) is 21.4. The number of carbonyl (C=O) groups excluding carboxylic acids is 2. The van der Waals surface area contributed by atoms with E-state index in [9.17, 15) is 19.0 Å². The summed E-state index contributed by atoms with van der Waals surface area (Å²) in [4.78, 5) is 35.3. The van der Waals surface area contributed by atoms with E-state index in [-0.39, 0.29) is 38.6 Å². The molecular formula is C69H124NO8P. The minimum absolute atomic E-state index is 0.0475. The maximum atomic E-state index is 12.7. The second kappa shape index (κ2) is 64.4. The second-order valence-electron chi connectivity index (χ2n) is 22.0. The van der Waals surface area contributed by atoms with Crippen molar-refractivity contribution in [1.29, 1.82) is 0 Å². The lowest BCUT2D eigenvalue weighted by Crippen LogP contribution is -2.29. The van der Waals surface area contributed by atoms with Crippen molar-refractivity contribution in [2.45, 2.75) is 315 Å². The maximum Gasteiger partial charge on any atom is 0.472 e. The summed E-state index contributed by atoms with van der Waals surface area (Å²) in [7, 11) is -4.40. The number of ether oxygens (including phenoxy) is 2. The van der Waals surface area contributed by atoms with Crippen LogP contribution in [0.2, 0.25) is 0 Å². The van der Waals surface area contributed by atoms with Gasteiger partial charge in [0.25, 0.3) is 0 Å². The van der Waals surface area contributed by atoms with Gasteiger partial charge in [0.15, 0.2) is 6.10 Å². The first-order valence-corrected chi connectivity index (χ1v) is 34.6. The Morgan fingerprint density at radius 2 is 0.696 bits per heavy atom. The third-order valence-corrected chi connectivity index (χ3v) is 15.2. The van der Waals surface area contributed by atoms with Crippen molar-refractivity contribution in [3.8, 4) is 0 Å². The zero-order valence-corrected chi connectivity index (χ0v) is 52.2. The van der Waals surface area contributed by atoms with Gasteiger partial charge >= 0.3 is 19.8 Å². The Morgan fingerprint density at radius 1 is 0.392 bits per heavy atom. The van der Waals surface area contributed by atoms with Crippen LogP contribution in [-0.4, -0.2) is 49.3 Å². The molecule has 0 aliphatic rings. The molecule has 0 spiro atoms. The Morgan fingerprint density at radius 3 is 1.04 bits per heavy atom. The highest BCUT2D eigenvalue weighted by molar-refractivity contribution is 7.47. The second-order valence-corrected chi connectivity index (χ2v) is 23.4. The molecule has 9 nitrogen and oxygen atoms in total. The highest BCUT2D eigenvalue weighted by Gasteiger charge is 2.26. The van der Waals surface area contributed by atoms with E-state index in [1.165, 1.54) is 186 Å². The molecule has 3 N–H and O–H groups in total. The number of phosphoric acid groups is 1. The number of allylic oxidation sites excluding steroid dienone is 14. The fourth-order valence-electron chi connectivity index (χ4n) is 9.40. The zero-order valence-electron chi connectivity index (χ0n) is 51.3. The van der Waals surface area contributed by atoms with E-state index < -0.39 is 26.5 Å². The van der Waals surface area contributed by atoms with Crippen LogP contribution in [0.4, 0.5) is 0 Å². The number of nitrogens with two attached hydrogens (primary N) is 1. The topological polar surface area (TPSA) is 134 Å². The Hall–Kier alpha value is -2.81. The van der Waals surface area contributed by atoms with Gasteiger partial charge in [0.2, 0.25) is 0 Å². The molecule has 0 bridgehead atoms. The van der Waals surface area contributed by atoms with Gasteiger partial charge in [0, 0.05) is 19.4 Å².